The average Bonchev–Trinajstić information content (AvgIpc) is 2.64. The van der Waals surface area contributed by atoms with Gasteiger partial charge in [-0.3, -0.25) is 0 Å². The number of carbonyl (C=O) groups excluding carboxylic acids is 1. The Bertz CT molecular complexity index is 297. The lowest BCUT2D eigenvalue weighted by Crippen LogP contribution is -2.00. The van der Waals surface area contributed by atoms with E-state index in [1.165, 1.54) is 14.2 Å². The van der Waals surface area contributed by atoms with Crippen molar-refractivity contribution in [2.24, 2.45) is 0 Å². The van der Waals surface area contributed by atoms with Crippen molar-refractivity contribution in [3.05, 3.63) is 30.1 Å². The molecule has 0 amide bonds. The topological polar surface area (TPSA) is 51.3 Å². The molecular weight excluding hydrogens is 170 g/mol. The largest absolute Gasteiger partial charge is 0.497 e. The van der Waals surface area contributed by atoms with E-state index in [-0.39, 0.29) is 0 Å². The lowest BCUT2D eigenvalue weighted by Gasteiger charge is -1.98. The van der Waals surface area contributed by atoms with Crippen LogP contribution in [0, 0.1) is 0 Å². The van der Waals surface area contributed by atoms with Gasteiger partial charge >= 0.3 is 5.97 Å². The van der Waals surface area contributed by atoms with Gasteiger partial charge in [-0.2, -0.15) is 0 Å². The molecule has 0 radical (unpaired) electrons. The van der Waals surface area contributed by atoms with Gasteiger partial charge in [0.05, 0.1) is 14.2 Å². The van der Waals surface area contributed by atoms with Crippen LogP contribution < -0.4 is 0 Å². The van der Waals surface area contributed by atoms with E-state index >= 15 is 0 Å². The third kappa shape index (κ3) is 1.90. The highest BCUT2D eigenvalue weighted by molar-refractivity contribution is 5.88. The average molecular weight is 181 g/mol. The van der Waals surface area contributed by atoms with Gasteiger partial charge in [0.1, 0.15) is 11.5 Å². The molecule has 70 valence electrons. The molecule has 0 atom stereocenters. The highest BCUT2D eigenvalue weighted by Crippen LogP contribution is 2.14. The lowest BCUT2D eigenvalue weighted by atomic mass is 10.3. The fraction of sp³-hybridized carbons (Fsp3) is 0.222. The monoisotopic (exact) mass is 181 g/mol. The summed E-state index contributed by atoms with van der Waals surface area (Å²) in [7, 11) is 2.85. The molecule has 1 rings (SSSR count). The van der Waals surface area contributed by atoms with Gasteiger partial charge in [0, 0.05) is 11.8 Å². The molecule has 0 aliphatic heterocycles. The van der Waals surface area contributed by atoms with Gasteiger partial charge in [0.15, 0.2) is 0 Å². The number of H-pyrrole nitrogens is 1. The number of nitrogens with one attached hydrogen (secondary N) is 1. The van der Waals surface area contributed by atoms with Crippen LogP contribution in [0.5, 0.6) is 0 Å². The first-order chi connectivity index (χ1) is 6.19. The quantitative estimate of drug-likeness (QED) is 0.566. The minimum Gasteiger partial charge on any atom is -0.497 e. The van der Waals surface area contributed by atoms with E-state index in [0.29, 0.717) is 11.5 Å². The Morgan fingerprint density at radius 3 is 2.69 bits per heavy atom. The summed E-state index contributed by atoms with van der Waals surface area (Å²) in [4.78, 5) is 13.8. The number of methoxy groups -OCH3 is 2. The van der Waals surface area contributed by atoms with E-state index in [0.717, 1.165) is 5.56 Å². The summed E-state index contributed by atoms with van der Waals surface area (Å²) in [6, 6.07) is 1.62. The second kappa shape index (κ2) is 3.80. The van der Waals surface area contributed by atoms with Crippen molar-refractivity contribution >= 4 is 11.7 Å². The molecule has 0 unspecified atom stereocenters. The number of aromatic nitrogens is 1. The van der Waals surface area contributed by atoms with Crippen LogP contribution in [-0.2, 0) is 9.47 Å². The van der Waals surface area contributed by atoms with E-state index in [9.17, 15) is 4.79 Å². The zero-order chi connectivity index (χ0) is 9.84. The maximum absolute atomic E-state index is 11.0. The van der Waals surface area contributed by atoms with Crippen molar-refractivity contribution in [2.75, 3.05) is 14.2 Å². The molecule has 1 heterocycles. The summed E-state index contributed by atoms with van der Waals surface area (Å²) >= 11 is 0. The lowest BCUT2D eigenvalue weighted by molar-refractivity contribution is 0.0595. The van der Waals surface area contributed by atoms with Crippen molar-refractivity contribution in [2.45, 2.75) is 0 Å². The van der Waals surface area contributed by atoms with Gasteiger partial charge in [-0.1, -0.05) is 6.58 Å². The van der Waals surface area contributed by atoms with E-state index in [1.54, 1.807) is 12.3 Å². The molecule has 1 aromatic heterocycles. The van der Waals surface area contributed by atoms with Crippen LogP contribution >= 0.6 is 0 Å². The number of carbonyl (C=O) groups is 1. The molecule has 0 aromatic carbocycles. The van der Waals surface area contributed by atoms with Crippen LogP contribution in [0.2, 0.25) is 0 Å². The van der Waals surface area contributed by atoms with Crippen molar-refractivity contribution in [3.8, 4) is 0 Å². The second-order valence-electron chi connectivity index (χ2n) is 2.42. The maximum Gasteiger partial charge on any atom is 0.354 e. The van der Waals surface area contributed by atoms with Gasteiger partial charge in [-0.25, -0.2) is 4.79 Å². The molecule has 0 saturated heterocycles. The van der Waals surface area contributed by atoms with Crippen LogP contribution in [0.1, 0.15) is 16.1 Å². The third-order valence-electron chi connectivity index (χ3n) is 1.66. The Morgan fingerprint density at radius 2 is 2.15 bits per heavy atom. The second-order valence-corrected chi connectivity index (χ2v) is 2.42. The first-order valence-corrected chi connectivity index (χ1v) is 3.69. The summed E-state index contributed by atoms with van der Waals surface area (Å²) < 4.78 is 9.42. The number of hydrogen-bond donors (Lipinski definition) is 1. The summed E-state index contributed by atoms with van der Waals surface area (Å²) in [5, 5.41) is 0. The molecule has 1 N–H and O–H groups in total. The predicted molar refractivity (Wildman–Crippen MR) is 48.2 cm³/mol. The molecule has 0 saturated carbocycles. The van der Waals surface area contributed by atoms with E-state index in [4.69, 9.17) is 4.74 Å². The summed E-state index contributed by atoms with van der Waals surface area (Å²) in [5.41, 5.74) is 1.12. The Hall–Kier alpha value is -1.71. The number of aromatic amines is 1. The normalized spacial score (nSPS) is 9.38. The van der Waals surface area contributed by atoms with Crippen molar-refractivity contribution < 1.29 is 14.3 Å². The highest BCUT2D eigenvalue weighted by atomic mass is 16.5. The predicted octanol–water partition coefficient (Wildman–Crippen LogP) is 1.42. The fourth-order valence-corrected chi connectivity index (χ4v) is 0.901. The summed E-state index contributed by atoms with van der Waals surface area (Å²) in [6.45, 7) is 3.65. The Balaban J connectivity index is 2.86. The van der Waals surface area contributed by atoms with Gasteiger partial charge in [-0.05, 0) is 6.07 Å². The molecule has 4 heteroatoms. The Labute approximate surface area is 76.2 Å². The molecule has 0 aliphatic carbocycles. The number of esters is 1. The summed E-state index contributed by atoms with van der Waals surface area (Å²) in [5.74, 6) is 0.0987. The smallest absolute Gasteiger partial charge is 0.354 e. The van der Waals surface area contributed by atoms with E-state index in [2.05, 4.69) is 16.3 Å². The molecule has 0 fully saturated rings. The SMILES string of the molecule is C=C(OC)c1c[nH]c(C(=O)OC)c1. The molecule has 4 nitrogen and oxygen atoms in total. The zero-order valence-electron chi connectivity index (χ0n) is 7.59. The van der Waals surface area contributed by atoms with Crippen LogP contribution in [0.15, 0.2) is 18.8 Å². The molecular formula is C9H11NO3. The van der Waals surface area contributed by atoms with Gasteiger partial charge in [0.2, 0.25) is 0 Å². The molecule has 0 aliphatic rings. The first-order valence-electron chi connectivity index (χ1n) is 3.69. The van der Waals surface area contributed by atoms with Gasteiger partial charge < -0.3 is 14.5 Å². The van der Waals surface area contributed by atoms with E-state index in [1.807, 2.05) is 0 Å². The standard InChI is InChI=1S/C9H11NO3/c1-6(12-2)7-4-8(10-5-7)9(11)13-3/h4-5,10H,1H2,2-3H3. The minimum atomic E-state index is -0.407. The van der Waals surface area contributed by atoms with E-state index < -0.39 is 5.97 Å². The molecule has 0 bridgehead atoms. The highest BCUT2D eigenvalue weighted by Gasteiger charge is 2.09. The van der Waals surface area contributed by atoms with Gasteiger partial charge in [0.25, 0.3) is 0 Å². The van der Waals surface area contributed by atoms with Crippen LogP contribution in [0.25, 0.3) is 5.76 Å². The van der Waals surface area contributed by atoms with Crippen molar-refractivity contribution in [1.82, 2.24) is 4.98 Å². The minimum absolute atomic E-state index is 0.385. The van der Waals surface area contributed by atoms with Crippen molar-refractivity contribution in [3.63, 3.8) is 0 Å². The van der Waals surface area contributed by atoms with Crippen LogP contribution in [0.4, 0.5) is 0 Å². The number of hydrogen-bond acceptors (Lipinski definition) is 3. The fourth-order valence-electron chi connectivity index (χ4n) is 0.901. The molecule has 0 spiro atoms. The maximum atomic E-state index is 11.0. The first kappa shape index (κ1) is 9.38. The molecule has 13 heavy (non-hydrogen) atoms. The Morgan fingerprint density at radius 1 is 1.46 bits per heavy atom. The number of rotatable bonds is 3. The van der Waals surface area contributed by atoms with Crippen LogP contribution in [-0.4, -0.2) is 25.2 Å². The molecule has 1 aromatic rings. The summed E-state index contributed by atoms with van der Waals surface area (Å²) in [6.07, 6.45) is 1.64. The van der Waals surface area contributed by atoms with Crippen LogP contribution in [0.3, 0.4) is 0 Å². The number of ether oxygens (including phenoxy) is 2. The van der Waals surface area contributed by atoms with Gasteiger partial charge in [-0.15, -0.1) is 0 Å². The zero-order valence-corrected chi connectivity index (χ0v) is 7.59. The Kier molecular flexibility index (Phi) is 2.74. The van der Waals surface area contributed by atoms with Crippen molar-refractivity contribution in [1.29, 1.82) is 0 Å². The third-order valence-corrected chi connectivity index (χ3v) is 1.66.